The number of hydrogen-bond donors (Lipinski definition) is 2. The number of hydrogen-bond acceptors (Lipinski definition) is 6. The lowest BCUT2D eigenvalue weighted by Crippen LogP contribution is -2.45. The van der Waals surface area contributed by atoms with Gasteiger partial charge in [0.15, 0.2) is 10.7 Å². The van der Waals surface area contributed by atoms with Gasteiger partial charge in [-0.25, -0.2) is 4.98 Å². The van der Waals surface area contributed by atoms with Gasteiger partial charge >= 0.3 is 0 Å². The van der Waals surface area contributed by atoms with Crippen molar-refractivity contribution in [3.63, 3.8) is 0 Å². The summed E-state index contributed by atoms with van der Waals surface area (Å²) in [5.74, 6) is -1.62. The summed E-state index contributed by atoms with van der Waals surface area (Å²) in [6.07, 6.45) is 2.79. The Bertz CT molecular complexity index is 1330. The van der Waals surface area contributed by atoms with E-state index in [1.54, 1.807) is 30.3 Å². The second kappa shape index (κ2) is 8.01. The highest BCUT2D eigenvalue weighted by Crippen LogP contribution is 2.37. The third kappa shape index (κ3) is 3.85. The number of thiocarbonyl (C=S) groups is 1. The minimum absolute atomic E-state index is 0.175. The van der Waals surface area contributed by atoms with Gasteiger partial charge in [0.1, 0.15) is 5.75 Å². The molecular weight excluding hydrogens is 455 g/mol. The van der Waals surface area contributed by atoms with Crippen molar-refractivity contribution in [2.24, 2.45) is 0 Å². The van der Waals surface area contributed by atoms with Crippen LogP contribution in [-0.2, 0) is 26.2 Å². The third-order valence-corrected chi connectivity index (χ3v) is 6.26. The van der Waals surface area contributed by atoms with Crippen molar-refractivity contribution in [2.75, 3.05) is 7.05 Å². The molecule has 0 spiro atoms. The number of nitrogens with zero attached hydrogens (tertiary/aromatic N) is 3. The minimum atomic E-state index is -4.21. The van der Waals surface area contributed by atoms with Crippen LogP contribution < -0.4 is 5.32 Å². The van der Waals surface area contributed by atoms with Crippen molar-refractivity contribution >= 4 is 33.4 Å². The summed E-state index contributed by atoms with van der Waals surface area (Å²) in [6.45, 7) is 0. The van der Waals surface area contributed by atoms with Gasteiger partial charge in [-0.1, -0.05) is 24.3 Å². The van der Waals surface area contributed by atoms with Crippen molar-refractivity contribution in [1.29, 1.82) is 0 Å². The van der Waals surface area contributed by atoms with E-state index in [4.69, 9.17) is 16.8 Å². The van der Waals surface area contributed by atoms with E-state index in [1.807, 2.05) is 0 Å². The van der Waals surface area contributed by atoms with Gasteiger partial charge in [-0.05, 0) is 53.2 Å². The number of carbonyl (C=O) groups excluding carboxylic acids is 1. The Morgan fingerprint density at radius 1 is 1.12 bits per heavy atom. The Morgan fingerprint density at radius 2 is 1.84 bits per heavy atom. The summed E-state index contributed by atoms with van der Waals surface area (Å²) >= 11 is 5.31. The van der Waals surface area contributed by atoms with Crippen LogP contribution in [-0.4, -0.2) is 45.9 Å². The Kier molecular flexibility index (Phi) is 5.49. The molecule has 0 aliphatic carbocycles. The van der Waals surface area contributed by atoms with Crippen LogP contribution in [0.1, 0.15) is 16.7 Å². The topological polar surface area (TPSA) is 112 Å². The number of rotatable bonds is 5. The molecule has 0 radical (unpaired) electrons. The maximum absolute atomic E-state index is 14.3. The number of benzene rings is 1. The van der Waals surface area contributed by atoms with Gasteiger partial charge in [-0.3, -0.25) is 19.2 Å². The largest absolute Gasteiger partial charge is 0.341 e. The van der Waals surface area contributed by atoms with Crippen LogP contribution in [0.15, 0.2) is 60.9 Å². The molecule has 2 N–H and O–H groups in total. The summed E-state index contributed by atoms with van der Waals surface area (Å²) in [7, 11) is -2.67. The lowest BCUT2D eigenvalue weighted by molar-refractivity contribution is -0.129. The van der Waals surface area contributed by atoms with Crippen molar-refractivity contribution in [3.05, 3.63) is 83.6 Å². The van der Waals surface area contributed by atoms with E-state index in [0.717, 1.165) is 0 Å². The highest BCUT2D eigenvalue weighted by molar-refractivity contribution is 7.85. The first kappa shape index (κ1) is 21.9. The molecule has 1 fully saturated rings. The Labute approximate surface area is 188 Å². The summed E-state index contributed by atoms with van der Waals surface area (Å²) in [4.78, 5) is 22.6. The number of likely N-dealkylation sites (N-methyl/N-ethyl adjacent to an activating group) is 1. The monoisotopic (exact) mass is 472 g/mol. The lowest BCUT2D eigenvalue weighted by atomic mass is 9.82. The van der Waals surface area contributed by atoms with Crippen LogP contribution in [0.5, 0.6) is 0 Å². The molecule has 1 aromatic carbocycles. The molecule has 1 unspecified atom stereocenters. The molecule has 1 amide bonds. The number of carbonyl (C=O) groups is 1. The molecule has 2 aromatic heterocycles. The highest BCUT2D eigenvalue weighted by atomic mass is 32.2. The Hall–Kier alpha value is -3.28. The summed E-state index contributed by atoms with van der Waals surface area (Å²) < 4.78 is 45.7. The Morgan fingerprint density at radius 3 is 2.44 bits per heavy atom. The molecule has 0 bridgehead atoms. The van der Waals surface area contributed by atoms with Gasteiger partial charge in [-0.2, -0.15) is 12.8 Å². The second-order valence-electron chi connectivity index (χ2n) is 7.24. The number of pyridine rings is 2. The SMILES string of the molecule is CN1C(=O)C(c2ccc(CS(=O)(=O)O)cc2)(c2ccnc(-c3cccnc3F)c2)NC1=S. The van der Waals surface area contributed by atoms with Crippen molar-refractivity contribution in [2.45, 2.75) is 11.3 Å². The molecule has 11 heteroatoms. The molecule has 1 aliphatic rings. The smallest absolute Gasteiger partial charge is 0.269 e. The van der Waals surface area contributed by atoms with Gasteiger partial charge < -0.3 is 5.32 Å². The fourth-order valence-corrected chi connectivity index (χ4v) is 4.50. The van der Waals surface area contributed by atoms with E-state index < -0.39 is 27.4 Å². The summed E-state index contributed by atoms with van der Waals surface area (Å²) in [5.41, 5.74) is 0.321. The second-order valence-corrected chi connectivity index (χ2v) is 9.08. The van der Waals surface area contributed by atoms with Gasteiger partial charge in [0.2, 0.25) is 5.95 Å². The molecule has 32 heavy (non-hydrogen) atoms. The number of nitrogens with one attached hydrogen (secondary N) is 1. The fourth-order valence-electron chi connectivity index (χ4n) is 3.65. The third-order valence-electron chi connectivity index (χ3n) is 5.19. The maximum Gasteiger partial charge on any atom is 0.269 e. The van der Waals surface area contributed by atoms with Crippen LogP contribution in [0.25, 0.3) is 11.3 Å². The zero-order valence-electron chi connectivity index (χ0n) is 16.7. The average molecular weight is 473 g/mol. The quantitative estimate of drug-likeness (QED) is 0.330. The van der Waals surface area contributed by atoms with Gasteiger partial charge in [0.25, 0.3) is 16.0 Å². The molecule has 8 nitrogen and oxygen atoms in total. The van der Waals surface area contributed by atoms with Crippen LogP contribution in [0.3, 0.4) is 0 Å². The van der Waals surface area contributed by atoms with E-state index in [0.29, 0.717) is 16.7 Å². The zero-order valence-corrected chi connectivity index (χ0v) is 18.3. The van der Waals surface area contributed by atoms with Crippen LogP contribution in [0, 0.1) is 5.95 Å². The molecular formula is C21H17FN4O4S2. The molecule has 1 saturated heterocycles. The molecule has 3 aromatic rings. The molecule has 4 rings (SSSR count). The molecule has 164 valence electrons. The van der Waals surface area contributed by atoms with E-state index in [2.05, 4.69) is 15.3 Å². The number of halogens is 1. The Balaban J connectivity index is 1.86. The predicted octanol–water partition coefficient (Wildman–Crippen LogP) is 2.26. The van der Waals surface area contributed by atoms with Crippen molar-refractivity contribution < 1.29 is 22.2 Å². The summed E-state index contributed by atoms with van der Waals surface area (Å²) in [5, 5.41) is 3.26. The van der Waals surface area contributed by atoms with E-state index in [1.165, 1.54) is 42.5 Å². The van der Waals surface area contributed by atoms with Crippen LogP contribution in [0.4, 0.5) is 4.39 Å². The van der Waals surface area contributed by atoms with E-state index >= 15 is 0 Å². The van der Waals surface area contributed by atoms with Crippen molar-refractivity contribution in [1.82, 2.24) is 20.2 Å². The first-order chi connectivity index (χ1) is 15.1. The van der Waals surface area contributed by atoms with Gasteiger partial charge in [-0.15, -0.1) is 0 Å². The average Bonchev–Trinajstić information content (AvgIpc) is 2.98. The van der Waals surface area contributed by atoms with E-state index in [-0.39, 0.29) is 22.3 Å². The number of aromatic nitrogens is 2. The first-order valence-electron chi connectivity index (χ1n) is 9.34. The molecule has 0 saturated carbocycles. The fraction of sp³-hybridized carbons (Fsp3) is 0.143. The molecule has 1 atom stereocenters. The molecule has 1 aliphatic heterocycles. The lowest BCUT2D eigenvalue weighted by Gasteiger charge is -2.28. The van der Waals surface area contributed by atoms with E-state index in [9.17, 15) is 17.6 Å². The van der Waals surface area contributed by atoms with Gasteiger partial charge in [0.05, 0.1) is 11.3 Å². The summed E-state index contributed by atoms with van der Waals surface area (Å²) in [6, 6.07) is 12.5. The van der Waals surface area contributed by atoms with Crippen molar-refractivity contribution in [3.8, 4) is 11.3 Å². The standard InChI is InChI=1S/C21H17FN4O4S2/c1-26-19(27)21(25-20(26)31,14-6-4-13(5-7-14)12-32(28,29)30)15-8-10-23-17(11-15)16-3-2-9-24-18(16)22/h2-11H,12H2,1H3,(H,25,31)(H,28,29,30). The highest BCUT2D eigenvalue weighted by Gasteiger charge is 2.51. The van der Waals surface area contributed by atoms with Crippen LogP contribution in [0.2, 0.25) is 0 Å². The van der Waals surface area contributed by atoms with Gasteiger partial charge in [0, 0.05) is 19.4 Å². The predicted molar refractivity (Wildman–Crippen MR) is 118 cm³/mol. The zero-order chi connectivity index (χ0) is 23.1. The number of amides is 1. The normalized spacial score (nSPS) is 18.7. The minimum Gasteiger partial charge on any atom is -0.341 e. The first-order valence-corrected chi connectivity index (χ1v) is 11.4. The molecule has 3 heterocycles. The maximum atomic E-state index is 14.3. The van der Waals surface area contributed by atoms with Crippen LogP contribution >= 0.6 is 12.2 Å².